The van der Waals surface area contributed by atoms with Crippen molar-refractivity contribution in [2.75, 3.05) is 0 Å². The monoisotopic (exact) mass is 229 g/mol. The second-order valence-corrected chi connectivity index (χ2v) is 4.63. The number of nitrogens with zero attached hydrogens (tertiary/aromatic N) is 2. The van der Waals surface area contributed by atoms with Gasteiger partial charge in [0.1, 0.15) is 0 Å². The van der Waals surface area contributed by atoms with Crippen molar-refractivity contribution in [1.82, 2.24) is 14.9 Å². The first-order valence-corrected chi connectivity index (χ1v) is 5.98. The molecule has 0 fully saturated rings. The summed E-state index contributed by atoms with van der Waals surface area (Å²) >= 11 is 0. The quantitative estimate of drug-likeness (QED) is 0.873. The van der Waals surface area contributed by atoms with Crippen molar-refractivity contribution in [2.24, 2.45) is 0 Å². The van der Waals surface area contributed by atoms with E-state index >= 15 is 0 Å². The van der Waals surface area contributed by atoms with E-state index in [1.807, 2.05) is 17.1 Å². The number of benzene rings is 1. The molecule has 0 saturated carbocycles. The van der Waals surface area contributed by atoms with Gasteiger partial charge in [0, 0.05) is 30.7 Å². The maximum atomic E-state index is 4.07. The molecule has 0 saturated heterocycles. The number of aromatic nitrogens is 2. The number of hydrogen-bond donors (Lipinski definition) is 1. The average molecular weight is 229 g/mol. The van der Waals surface area contributed by atoms with Crippen molar-refractivity contribution >= 4 is 0 Å². The van der Waals surface area contributed by atoms with Crippen LogP contribution >= 0.6 is 0 Å². The van der Waals surface area contributed by atoms with Gasteiger partial charge >= 0.3 is 0 Å². The Balaban J connectivity index is 2.17. The van der Waals surface area contributed by atoms with Crippen molar-refractivity contribution in [2.45, 2.75) is 33.4 Å². The first-order valence-electron chi connectivity index (χ1n) is 5.98. The van der Waals surface area contributed by atoms with E-state index in [-0.39, 0.29) is 0 Å². The zero-order valence-electron chi connectivity index (χ0n) is 10.6. The van der Waals surface area contributed by atoms with Crippen LogP contribution in [0.1, 0.15) is 25.0 Å². The molecule has 0 aliphatic carbocycles. The Morgan fingerprint density at radius 1 is 1.35 bits per heavy atom. The van der Waals surface area contributed by atoms with Crippen LogP contribution in [-0.2, 0) is 6.54 Å². The third kappa shape index (κ3) is 2.94. The maximum absolute atomic E-state index is 4.07. The lowest BCUT2D eigenvalue weighted by Gasteiger charge is -2.11. The summed E-state index contributed by atoms with van der Waals surface area (Å²) in [5, 5.41) is 3.42. The third-order valence-corrected chi connectivity index (χ3v) is 2.76. The summed E-state index contributed by atoms with van der Waals surface area (Å²) in [6.45, 7) is 7.37. The van der Waals surface area contributed by atoms with Gasteiger partial charge in [-0.05, 0) is 24.1 Å². The minimum absolute atomic E-state index is 0.517. The van der Waals surface area contributed by atoms with Crippen LogP contribution in [0.2, 0.25) is 0 Å². The van der Waals surface area contributed by atoms with Crippen molar-refractivity contribution in [3.8, 4) is 5.69 Å². The Kier molecular flexibility index (Phi) is 3.59. The molecule has 3 nitrogen and oxygen atoms in total. The van der Waals surface area contributed by atoms with Crippen LogP contribution in [0.15, 0.2) is 36.9 Å². The molecule has 90 valence electrons. The van der Waals surface area contributed by atoms with E-state index in [1.165, 1.54) is 16.8 Å². The van der Waals surface area contributed by atoms with E-state index in [9.17, 15) is 0 Å². The van der Waals surface area contributed by atoms with Crippen LogP contribution in [0.5, 0.6) is 0 Å². The van der Waals surface area contributed by atoms with Gasteiger partial charge in [0.05, 0.1) is 6.33 Å². The van der Waals surface area contributed by atoms with Gasteiger partial charge in [-0.1, -0.05) is 26.0 Å². The topological polar surface area (TPSA) is 29.9 Å². The van der Waals surface area contributed by atoms with E-state index < -0.39 is 0 Å². The molecule has 2 rings (SSSR count). The van der Waals surface area contributed by atoms with Crippen molar-refractivity contribution in [3.63, 3.8) is 0 Å². The highest BCUT2D eigenvalue weighted by molar-refractivity contribution is 5.42. The zero-order chi connectivity index (χ0) is 12.3. The second kappa shape index (κ2) is 5.15. The van der Waals surface area contributed by atoms with Crippen LogP contribution in [0.25, 0.3) is 5.69 Å². The third-order valence-electron chi connectivity index (χ3n) is 2.76. The van der Waals surface area contributed by atoms with Crippen molar-refractivity contribution in [3.05, 3.63) is 48.0 Å². The van der Waals surface area contributed by atoms with Gasteiger partial charge < -0.3 is 9.88 Å². The second-order valence-electron chi connectivity index (χ2n) is 4.63. The lowest BCUT2D eigenvalue weighted by atomic mass is 10.1. The molecule has 0 unspecified atom stereocenters. The SMILES string of the molecule is Cc1cc(CNC(C)C)ccc1-n1ccnc1. The summed E-state index contributed by atoms with van der Waals surface area (Å²) in [7, 11) is 0. The molecule has 0 aliphatic heterocycles. The fraction of sp³-hybridized carbons (Fsp3) is 0.357. The molecule has 1 aromatic heterocycles. The summed E-state index contributed by atoms with van der Waals surface area (Å²) in [6.07, 6.45) is 5.59. The fourth-order valence-corrected chi connectivity index (χ4v) is 1.84. The Morgan fingerprint density at radius 2 is 2.18 bits per heavy atom. The molecule has 0 amide bonds. The minimum atomic E-state index is 0.517. The number of hydrogen-bond acceptors (Lipinski definition) is 2. The van der Waals surface area contributed by atoms with E-state index in [0.29, 0.717) is 6.04 Å². The Morgan fingerprint density at radius 3 is 2.76 bits per heavy atom. The lowest BCUT2D eigenvalue weighted by Crippen LogP contribution is -2.21. The largest absolute Gasteiger partial charge is 0.310 e. The Bertz CT molecular complexity index is 472. The Labute approximate surface area is 103 Å². The number of rotatable bonds is 4. The molecule has 1 heterocycles. The number of imidazole rings is 1. The van der Waals surface area contributed by atoms with Crippen LogP contribution in [0.3, 0.4) is 0 Å². The van der Waals surface area contributed by atoms with Gasteiger partial charge in [-0.2, -0.15) is 0 Å². The van der Waals surface area contributed by atoms with Gasteiger partial charge in [-0.25, -0.2) is 4.98 Å². The van der Waals surface area contributed by atoms with Crippen LogP contribution in [-0.4, -0.2) is 15.6 Å². The van der Waals surface area contributed by atoms with Gasteiger partial charge in [-0.3, -0.25) is 0 Å². The molecule has 0 atom stereocenters. The molecule has 2 aromatic rings. The highest BCUT2D eigenvalue weighted by Crippen LogP contribution is 2.15. The first kappa shape index (κ1) is 11.9. The first-order chi connectivity index (χ1) is 8.16. The molecule has 17 heavy (non-hydrogen) atoms. The van der Waals surface area contributed by atoms with Gasteiger partial charge in [0.25, 0.3) is 0 Å². The summed E-state index contributed by atoms with van der Waals surface area (Å²) in [5.74, 6) is 0. The van der Waals surface area contributed by atoms with Crippen molar-refractivity contribution in [1.29, 1.82) is 0 Å². The van der Waals surface area contributed by atoms with Gasteiger partial charge in [0.15, 0.2) is 0 Å². The van der Waals surface area contributed by atoms with Crippen LogP contribution in [0.4, 0.5) is 0 Å². The predicted molar refractivity (Wildman–Crippen MR) is 70.3 cm³/mol. The molecular weight excluding hydrogens is 210 g/mol. The predicted octanol–water partition coefficient (Wildman–Crippen LogP) is 2.68. The fourth-order valence-electron chi connectivity index (χ4n) is 1.84. The van der Waals surface area contributed by atoms with E-state index in [1.54, 1.807) is 6.20 Å². The smallest absolute Gasteiger partial charge is 0.0991 e. The zero-order valence-corrected chi connectivity index (χ0v) is 10.6. The van der Waals surface area contributed by atoms with Gasteiger partial charge in [-0.15, -0.1) is 0 Å². The standard InChI is InChI=1S/C14H19N3/c1-11(2)16-9-13-4-5-14(12(3)8-13)17-7-6-15-10-17/h4-8,10-11,16H,9H2,1-3H3. The maximum Gasteiger partial charge on any atom is 0.0991 e. The molecular formula is C14H19N3. The number of aryl methyl sites for hydroxylation is 1. The highest BCUT2D eigenvalue weighted by atomic mass is 15.0. The normalized spacial score (nSPS) is 11.1. The van der Waals surface area contributed by atoms with E-state index in [0.717, 1.165) is 6.54 Å². The molecule has 0 bridgehead atoms. The summed E-state index contributed by atoms with van der Waals surface area (Å²) < 4.78 is 2.04. The molecule has 1 N–H and O–H groups in total. The van der Waals surface area contributed by atoms with Crippen LogP contribution in [0, 0.1) is 6.92 Å². The van der Waals surface area contributed by atoms with E-state index in [2.05, 4.69) is 49.3 Å². The summed E-state index contributed by atoms with van der Waals surface area (Å²) in [4.78, 5) is 4.07. The van der Waals surface area contributed by atoms with Crippen molar-refractivity contribution < 1.29 is 0 Å². The molecule has 1 aromatic carbocycles. The van der Waals surface area contributed by atoms with Gasteiger partial charge in [0.2, 0.25) is 0 Å². The summed E-state index contributed by atoms with van der Waals surface area (Å²) in [6, 6.07) is 7.06. The minimum Gasteiger partial charge on any atom is -0.310 e. The lowest BCUT2D eigenvalue weighted by molar-refractivity contribution is 0.588. The molecule has 0 aliphatic rings. The average Bonchev–Trinajstić information content (AvgIpc) is 2.79. The van der Waals surface area contributed by atoms with E-state index in [4.69, 9.17) is 0 Å². The molecule has 3 heteroatoms. The molecule has 0 spiro atoms. The number of nitrogens with one attached hydrogen (secondary N) is 1. The molecule has 0 radical (unpaired) electrons. The Hall–Kier alpha value is -1.61. The summed E-state index contributed by atoms with van der Waals surface area (Å²) in [5.41, 5.74) is 3.78. The highest BCUT2D eigenvalue weighted by Gasteiger charge is 2.02. The van der Waals surface area contributed by atoms with Crippen LogP contribution < -0.4 is 5.32 Å².